The molecule has 1 atom stereocenters. The third kappa shape index (κ3) is 4.42. The zero-order chi connectivity index (χ0) is 21.9. The van der Waals surface area contributed by atoms with E-state index in [9.17, 15) is 4.79 Å². The van der Waals surface area contributed by atoms with E-state index in [0.29, 0.717) is 5.92 Å². The molecule has 5 rings (SSSR count). The van der Waals surface area contributed by atoms with Crippen LogP contribution in [0.3, 0.4) is 0 Å². The van der Waals surface area contributed by atoms with Crippen LogP contribution in [0.25, 0.3) is 0 Å². The number of H-pyrrole nitrogens is 1. The molecule has 0 unspecified atom stereocenters. The van der Waals surface area contributed by atoms with E-state index in [4.69, 9.17) is 0 Å². The van der Waals surface area contributed by atoms with Gasteiger partial charge in [-0.3, -0.25) is 14.8 Å². The summed E-state index contributed by atoms with van der Waals surface area (Å²) in [5.41, 5.74) is 6.18. The number of nitrogens with one attached hydrogen (secondary N) is 1. The Bertz CT molecular complexity index is 930. The van der Waals surface area contributed by atoms with Crippen LogP contribution in [0.1, 0.15) is 78.5 Å². The Kier molecular flexibility index (Phi) is 6.49. The fourth-order valence-electron chi connectivity index (χ4n) is 5.87. The monoisotopic (exact) mass is 435 g/mol. The predicted molar refractivity (Wildman–Crippen MR) is 128 cm³/mol. The highest BCUT2D eigenvalue weighted by Gasteiger charge is 2.29. The van der Waals surface area contributed by atoms with Gasteiger partial charge in [0, 0.05) is 50.9 Å². The molecule has 2 saturated heterocycles. The van der Waals surface area contributed by atoms with Crippen LogP contribution in [0, 0.1) is 0 Å². The van der Waals surface area contributed by atoms with Crippen molar-refractivity contribution in [2.24, 2.45) is 0 Å². The summed E-state index contributed by atoms with van der Waals surface area (Å²) < 4.78 is 0. The Labute approximate surface area is 192 Å². The van der Waals surface area contributed by atoms with E-state index in [1.54, 1.807) is 6.20 Å². The fourth-order valence-corrected chi connectivity index (χ4v) is 5.87. The van der Waals surface area contributed by atoms with Crippen molar-refractivity contribution >= 4 is 11.6 Å². The number of aromatic amines is 1. The third-order valence-electron chi connectivity index (χ3n) is 7.63. The number of aromatic nitrogens is 2. The van der Waals surface area contributed by atoms with Crippen molar-refractivity contribution in [3.8, 4) is 0 Å². The minimum absolute atomic E-state index is 0.173. The van der Waals surface area contributed by atoms with Gasteiger partial charge in [0.2, 0.25) is 0 Å². The van der Waals surface area contributed by atoms with Crippen LogP contribution in [0.15, 0.2) is 24.4 Å². The molecule has 0 radical (unpaired) electrons. The Hall–Kier alpha value is -2.34. The number of rotatable bonds is 5. The number of fused-ring (bicyclic) bond motifs is 1. The number of carbonyl (C=O) groups excluding carboxylic acids is 1. The molecule has 1 aromatic heterocycles. The van der Waals surface area contributed by atoms with Gasteiger partial charge in [-0.2, -0.15) is 5.10 Å². The quantitative estimate of drug-likeness (QED) is 0.765. The summed E-state index contributed by atoms with van der Waals surface area (Å²) in [6.45, 7) is 9.33. The first kappa shape index (κ1) is 21.5. The molecular weight excluding hydrogens is 398 g/mol. The van der Waals surface area contributed by atoms with E-state index in [2.05, 4.69) is 45.1 Å². The maximum Gasteiger partial charge on any atom is 0.257 e. The molecule has 0 aliphatic carbocycles. The van der Waals surface area contributed by atoms with Crippen molar-refractivity contribution in [2.45, 2.75) is 64.3 Å². The van der Waals surface area contributed by atoms with Crippen molar-refractivity contribution in [3.05, 3.63) is 46.8 Å². The average molecular weight is 436 g/mol. The average Bonchev–Trinajstić information content (AvgIpc) is 3.38. The van der Waals surface area contributed by atoms with Crippen LogP contribution in [0.5, 0.6) is 0 Å². The van der Waals surface area contributed by atoms with Crippen molar-refractivity contribution in [3.63, 3.8) is 0 Å². The van der Waals surface area contributed by atoms with Crippen molar-refractivity contribution in [1.29, 1.82) is 0 Å². The summed E-state index contributed by atoms with van der Waals surface area (Å²) in [7, 11) is 0. The van der Waals surface area contributed by atoms with Gasteiger partial charge in [0.25, 0.3) is 5.91 Å². The number of hydrogen-bond acceptors (Lipinski definition) is 4. The molecule has 1 amide bonds. The van der Waals surface area contributed by atoms with E-state index in [-0.39, 0.29) is 5.91 Å². The number of likely N-dealkylation sites (N-methyl/N-ethyl adjacent to an activating group) is 1. The Morgan fingerprint density at radius 3 is 2.75 bits per heavy atom. The van der Waals surface area contributed by atoms with Gasteiger partial charge >= 0.3 is 0 Å². The lowest BCUT2D eigenvalue weighted by Gasteiger charge is -2.33. The first-order chi connectivity index (χ1) is 15.7. The Balaban J connectivity index is 1.26. The van der Waals surface area contributed by atoms with E-state index < -0.39 is 0 Å². The van der Waals surface area contributed by atoms with Crippen LogP contribution in [0.4, 0.5) is 5.69 Å². The molecule has 2 aromatic rings. The highest BCUT2D eigenvalue weighted by molar-refractivity contribution is 5.95. The van der Waals surface area contributed by atoms with Crippen molar-refractivity contribution in [2.75, 3.05) is 44.2 Å². The number of anilines is 1. The highest BCUT2D eigenvalue weighted by Crippen LogP contribution is 2.32. The smallest absolute Gasteiger partial charge is 0.257 e. The molecule has 4 heterocycles. The summed E-state index contributed by atoms with van der Waals surface area (Å²) in [6.07, 6.45) is 9.92. The molecule has 3 aliphatic heterocycles. The molecule has 1 N–H and O–H groups in total. The van der Waals surface area contributed by atoms with Crippen LogP contribution in [-0.4, -0.2) is 65.2 Å². The molecule has 0 spiro atoms. The molecule has 0 saturated carbocycles. The van der Waals surface area contributed by atoms with Gasteiger partial charge in [0.15, 0.2) is 0 Å². The number of hydrogen-bond donors (Lipinski definition) is 1. The highest BCUT2D eigenvalue weighted by atomic mass is 16.2. The number of nitrogens with zero attached hydrogens (tertiary/aromatic N) is 4. The maximum absolute atomic E-state index is 13.3. The third-order valence-corrected chi connectivity index (χ3v) is 7.63. The Morgan fingerprint density at radius 1 is 1.09 bits per heavy atom. The van der Waals surface area contributed by atoms with Crippen LogP contribution in [-0.2, 0) is 13.0 Å². The van der Waals surface area contributed by atoms with Crippen molar-refractivity contribution < 1.29 is 4.79 Å². The van der Waals surface area contributed by atoms with Gasteiger partial charge in [0.1, 0.15) is 0 Å². The van der Waals surface area contributed by atoms with Gasteiger partial charge in [-0.05, 0) is 62.8 Å². The van der Waals surface area contributed by atoms with Crippen LogP contribution >= 0.6 is 0 Å². The molecule has 2 fully saturated rings. The van der Waals surface area contributed by atoms with E-state index in [0.717, 1.165) is 89.2 Å². The minimum atomic E-state index is 0.173. The number of piperidine rings is 1. The molecule has 32 heavy (non-hydrogen) atoms. The van der Waals surface area contributed by atoms with Gasteiger partial charge in [-0.15, -0.1) is 0 Å². The summed E-state index contributed by atoms with van der Waals surface area (Å²) in [5.74, 6) is 0.522. The lowest BCUT2D eigenvalue weighted by molar-refractivity contribution is 0.0759. The minimum Gasteiger partial charge on any atom is -0.371 e. The molecule has 3 aliphatic rings. The van der Waals surface area contributed by atoms with Gasteiger partial charge in [0.05, 0.1) is 17.5 Å². The maximum atomic E-state index is 13.3. The summed E-state index contributed by atoms with van der Waals surface area (Å²) in [6, 6.07) is 7.04. The largest absolute Gasteiger partial charge is 0.371 e. The van der Waals surface area contributed by atoms with Crippen LogP contribution in [0.2, 0.25) is 0 Å². The van der Waals surface area contributed by atoms with Crippen molar-refractivity contribution in [1.82, 2.24) is 20.0 Å². The van der Waals surface area contributed by atoms with Gasteiger partial charge in [-0.25, -0.2) is 0 Å². The number of amides is 1. The second-order valence-electron chi connectivity index (χ2n) is 9.77. The second-order valence-corrected chi connectivity index (χ2v) is 9.77. The normalized spacial score (nSPS) is 22.1. The van der Waals surface area contributed by atoms with Crippen LogP contribution < -0.4 is 4.90 Å². The molecule has 0 bridgehead atoms. The number of carbonyl (C=O) groups is 1. The van der Waals surface area contributed by atoms with Gasteiger partial charge < -0.3 is 9.80 Å². The van der Waals surface area contributed by atoms with E-state index in [1.807, 2.05) is 4.90 Å². The standard InChI is InChI=1S/C26H37N5O/c1-2-30-15-11-21-16-20(9-10-24(21)30)18-29-12-7-8-22(19-29)25-23(17-27-28-25)26(32)31-13-5-3-4-6-14-31/h9-10,16-17,22H,2-8,11-15,18-19H2,1H3,(H,27,28)/t22-/m1/s1. The SMILES string of the molecule is CCN1CCc2cc(CN3CCC[C@@H](c4[nH]ncc4C(=O)N4CCCCCC4)C3)ccc21. The molecule has 1 aromatic carbocycles. The molecule has 6 heteroatoms. The zero-order valence-electron chi connectivity index (χ0n) is 19.5. The first-order valence-corrected chi connectivity index (χ1v) is 12.6. The molecule has 6 nitrogen and oxygen atoms in total. The first-order valence-electron chi connectivity index (χ1n) is 12.6. The van der Waals surface area contributed by atoms with Gasteiger partial charge in [-0.1, -0.05) is 25.0 Å². The second kappa shape index (κ2) is 9.65. The number of benzene rings is 1. The zero-order valence-corrected chi connectivity index (χ0v) is 19.5. The summed E-state index contributed by atoms with van der Waals surface area (Å²) >= 11 is 0. The lowest BCUT2D eigenvalue weighted by atomic mass is 9.92. The number of likely N-dealkylation sites (tertiary alicyclic amines) is 2. The molecule has 172 valence electrons. The topological polar surface area (TPSA) is 55.5 Å². The molecular formula is C26H37N5O. The fraction of sp³-hybridized carbons (Fsp3) is 0.615. The summed E-state index contributed by atoms with van der Waals surface area (Å²) in [5, 5.41) is 7.52. The van der Waals surface area contributed by atoms with E-state index in [1.165, 1.54) is 29.7 Å². The lowest BCUT2D eigenvalue weighted by Crippen LogP contribution is -2.36. The van der Waals surface area contributed by atoms with E-state index >= 15 is 0 Å². The summed E-state index contributed by atoms with van der Waals surface area (Å²) in [4.78, 5) is 20.3. The Morgan fingerprint density at radius 2 is 1.94 bits per heavy atom. The predicted octanol–water partition coefficient (Wildman–Crippen LogP) is 4.19.